The average Bonchev–Trinajstić information content (AvgIpc) is 2.28. The number of nitrogens with zero attached hydrogens (tertiary/aromatic N) is 5. The summed E-state index contributed by atoms with van der Waals surface area (Å²) in [5.74, 6) is 0.539. The fourth-order valence-electron chi connectivity index (χ4n) is 1.41. The van der Waals surface area contributed by atoms with Crippen molar-refractivity contribution in [3.63, 3.8) is 0 Å². The molecule has 0 N–H and O–H groups in total. The van der Waals surface area contributed by atoms with Gasteiger partial charge in [0.1, 0.15) is 0 Å². The second-order valence-electron chi connectivity index (χ2n) is 4.20. The fourth-order valence-corrected chi connectivity index (χ4v) is 1.56. The molecule has 0 unspecified atom stereocenters. The zero-order valence-corrected chi connectivity index (χ0v) is 12.1. The molecule has 0 saturated heterocycles. The maximum Gasteiger partial charge on any atom is 0.322 e. The molecule has 7 heteroatoms. The number of rotatable bonds is 7. The molecule has 1 aromatic rings. The highest BCUT2D eigenvalue weighted by Gasteiger charge is 2.09. The van der Waals surface area contributed by atoms with Crippen molar-refractivity contribution in [2.75, 3.05) is 45.7 Å². The Balaban J connectivity index is 2.63. The zero-order chi connectivity index (χ0) is 13.5. The largest absolute Gasteiger partial charge is 0.464 e. The number of hydrogen-bond acceptors (Lipinski definition) is 6. The van der Waals surface area contributed by atoms with Crippen LogP contribution in [0.15, 0.2) is 0 Å². The lowest BCUT2D eigenvalue weighted by molar-refractivity contribution is 0.311. The SMILES string of the molecule is CCOc1nc(Cl)nc(N(C)CCCN(C)C)n1. The third kappa shape index (κ3) is 5.01. The third-order valence-corrected chi connectivity index (χ3v) is 2.46. The van der Waals surface area contributed by atoms with Crippen molar-refractivity contribution in [2.24, 2.45) is 0 Å². The molecule has 0 aliphatic carbocycles. The van der Waals surface area contributed by atoms with Crippen LogP contribution in [0.5, 0.6) is 6.01 Å². The van der Waals surface area contributed by atoms with Crippen molar-refractivity contribution in [1.29, 1.82) is 0 Å². The van der Waals surface area contributed by atoms with Crippen LogP contribution in [-0.2, 0) is 0 Å². The van der Waals surface area contributed by atoms with E-state index in [0.717, 1.165) is 19.5 Å². The standard InChI is InChI=1S/C11H20ClN5O/c1-5-18-11-14-9(12)13-10(15-11)17(4)8-6-7-16(2)3/h5-8H2,1-4H3. The van der Waals surface area contributed by atoms with Gasteiger partial charge in [-0.25, -0.2) is 0 Å². The van der Waals surface area contributed by atoms with E-state index >= 15 is 0 Å². The number of anilines is 1. The first kappa shape index (κ1) is 14.9. The Labute approximate surface area is 113 Å². The van der Waals surface area contributed by atoms with Gasteiger partial charge >= 0.3 is 6.01 Å². The summed E-state index contributed by atoms with van der Waals surface area (Å²) in [5.41, 5.74) is 0. The first-order valence-corrected chi connectivity index (χ1v) is 6.31. The molecule has 102 valence electrons. The van der Waals surface area contributed by atoms with Crippen LogP contribution in [-0.4, -0.2) is 60.7 Å². The number of ether oxygens (including phenoxy) is 1. The van der Waals surface area contributed by atoms with Crippen LogP contribution < -0.4 is 9.64 Å². The van der Waals surface area contributed by atoms with Gasteiger partial charge < -0.3 is 14.5 Å². The predicted octanol–water partition coefficient (Wildman–Crippen LogP) is 1.31. The second kappa shape index (κ2) is 7.33. The molecule has 18 heavy (non-hydrogen) atoms. The van der Waals surface area contributed by atoms with E-state index in [2.05, 4.69) is 19.9 Å². The highest BCUT2D eigenvalue weighted by molar-refractivity contribution is 6.28. The first-order valence-electron chi connectivity index (χ1n) is 5.93. The topological polar surface area (TPSA) is 54.4 Å². The van der Waals surface area contributed by atoms with Gasteiger partial charge in [0.25, 0.3) is 0 Å². The Morgan fingerprint density at radius 2 is 1.83 bits per heavy atom. The van der Waals surface area contributed by atoms with E-state index in [-0.39, 0.29) is 11.3 Å². The summed E-state index contributed by atoms with van der Waals surface area (Å²) < 4.78 is 5.24. The molecule has 0 bridgehead atoms. The van der Waals surface area contributed by atoms with E-state index in [1.807, 2.05) is 33.0 Å². The highest BCUT2D eigenvalue weighted by Crippen LogP contribution is 2.14. The van der Waals surface area contributed by atoms with Crippen molar-refractivity contribution in [3.8, 4) is 6.01 Å². The minimum Gasteiger partial charge on any atom is -0.464 e. The first-order chi connectivity index (χ1) is 8.52. The molecular formula is C11H20ClN5O. The van der Waals surface area contributed by atoms with E-state index in [1.54, 1.807) is 0 Å². The minimum absolute atomic E-state index is 0.155. The van der Waals surface area contributed by atoms with Crippen LogP contribution >= 0.6 is 11.6 Å². The molecule has 0 atom stereocenters. The lowest BCUT2D eigenvalue weighted by Gasteiger charge is -2.18. The minimum atomic E-state index is 0.155. The molecule has 0 amide bonds. The molecule has 1 aromatic heterocycles. The Hall–Kier alpha value is -1.14. The molecule has 1 heterocycles. The van der Waals surface area contributed by atoms with Gasteiger partial charge in [0.2, 0.25) is 11.2 Å². The molecule has 0 fully saturated rings. The summed E-state index contributed by atoms with van der Waals surface area (Å²) in [4.78, 5) is 16.3. The van der Waals surface area contributed by atoms with Crippen LogP contribution in [0, 0.1) is 0 Å². The molecule has 0 spiro atoms. The van der Waals surface area contributed by atoms with Crippen molar-refractivity contribution in [2.45, 2.75) is 13.3 Å². The van der Waals surface area contributed by atoms with Crippen LogP contribution in [0.25, 0.3) is 0 Å². The maximum absolute atomic E-state index is 5.84. The molecule has 0 aliphatic heterocycles. The quantitative estimate of drug-likeness (QED) is 0.747. The van der Waals surface area contributed by atoms with Gasteiger partial charge in [0.05, 0.1) is 6.61 Å². The van der Waals surface area contributed by atoms with E-state index in [4.69, 9.17) is 16.3 Å². The summed E-state index contributed by atoms with van der Waals surface area (Å²) in [7, 11) is 6.02. The lowest BCUT2D eigenvalue weighted by Crippen LogP contribution is -2.25. The van der Waals surface area contributed by atoms with Gasteiger partial charge in [-0.2, -0.15) is 15.0 Å². The lowest BCUT2D eigenvalue weighted by atomic mass is 10.4. The van der Waals surface area contributed by atoms with E-state index in [9.17, 15) is 0 Å². The molecule has 0 saturated carbocycles. The van der Waals surface area contributed by atoms with Gasteiger partial charge in [-0.15, -0.1) is 0 Å². The Bertz CT molecular complexity index is 374. The third-order valence-electron chi connectivity index (χ3n) is 2.29. The van der Waals surface area contributed by atoms with Crippen LogP contribution in [0.3, 0.4) is 0 Å². The summed E-state index contributed by atoms with van der Waals surface area (Å²) in [6.45, 7) is 4.24. The molecule has 0 aromatic carbocycles. The molecule has 0 aliphatic rings. The van der Waals surface area contributed by atoms with Crippen molar-refractivity contribution >= 4 is 17.5 Å². The normalized spacial score (nSPS) is 10.8. The van der Waals surface area contributed by atoms with E-state index in [0.29, 0.717) is 12.6 Å². The monoisotopic (exact) mass is 273 g/mol. The van der Waals surface area contributed by atoms with Crippen LogP contribution in [0.1, 0.15) is 13.3 Å². The van der Waals surface area contributed by atoms with Gasteiger partial charge in [0.15, 0.2) is 0 Å². The van der Waals surface area contributed by atoms with Gasteiger partial charge in [-0.05, 0) is 45.6 Å². The molecule has 1 rings (SSSR count). The van der Waals surface area contributed by atoms with Gasteiger partial charge in [-0.3, -0.25) is 0 Å². The van der Waals surface area contributed by atoms with Crippen molar-refractivity contribution < 1.29 is 4.74 Å². The fraction of sp³-hybridized carbons (Fsp3) is 0.727. The average molecular weight is 274 g/mol. The summed E-state index contributed by atoms with van der Waals surface area (Å²) in [5, 5.41) is 0.155. The van der Waals surface area contributed by atoms with E-state index < -0.39 is 0 Å². The molecule has 0 radical (unpaired) electrons. The number of aromatic nitrogens is 3. The number of hydrogen-bond donors (Lipinski definition) is 0. The maximum atomic E-state index is 5.84. The Kier molecular flexibility index (Phi) is 6.07. The Morgan fingerprint density at radius 1 is 1.11 bits per heavy atom. The van der Waals surface area contributed by atoms with E-state index in [1.165, 1.54) is 0 Å². The van der Waals surface area contributed by atoms with Crippen LogP contribution in [0.2, 0.25) is 5.28 Å². The molecular weight excluding hydrogens is 254 g/mol. The predicted molar refractivity (Wildman–Crippen MR) is 72.4 cm³/mol. The Morgan fingerprint density at radius 3 is 2.44 bits per heavy atom. The summed E-state index contributed by atoms with van der Waals surface area (Å²) in [6, 6.07) is 0.270. The summed E-state index contributed by atoms with van der Waals surface area (Å²) in [6.07, 6.45) is 1.02. The van der Waals surface area contributed by atoms with Gasteiger partial charge in [0, 0.05) is 13.6 Å². The summed E-state index contributed by atoms with van der Waals surface area (Å²) >= 11 is 5.84. The van der Waals surface area contributed by atoms with Crippen molar-refractivity contribution in [3.05, 3.63) is 5.28 Å². The second-order valence-corrected chi connectivity index (χ2v) is 4.54. The number of halogens is 1. The van der Waals surface area contributed by atoms with Crippen LogP contribution in [0.4, 0.5) is 5.95 Å². The van der Waals surface area contributed by atoms with Crippen molar-refractivity contribution in [1.82, 2.24) is 19.9 Å². The highest BCUT2D eigenvalue weighted by atomic mass is 35.5. The smallest absolute Gasteiger partial charge is 0.322 e. The van der Waals surface area contributed by atoms with Gasteiger partial charge in [-0.1, -0.05) is 0 Å². The zero-order valence-electron chi connectivity index (χ0n) is 11.4. The molecule has 6 nitrogen and oxygen atoms in total.